The highest BCUT2D eigenvalue weighted by Crippen LogP contribution is 2.29. The van der Waals surface area contributed by atoms with E-state index in [-0.39, 0.29) is 18.0 Å². The number of benzene rings is 1. The van der Waals surface area contributed by atoms with E-state index in [9.17, 15) is 4.39 Å². The Hall–Kier alpha value is -0.930. The fourth-order valence-electron chi connectivity index (χ4n) is 2.47. The van der Waals surface area contributed by atoms with Gasteiger partial charge in [0, 0.05) is 6.61 Å². The van der Waals surface area contributed by atoms with Crippen molar-refractivity contribution in [1.29, 1.82) is 0 Å². The number of aryl methyl sites for hydroxylation is 1. The van der Waals surface area contributed by atoms with Gasteiger partial charge in [-0.15, -0.1) is 0 Å². The van der Waals surface area contributed by atoms with Crippen molar-refractivity contribution in [3.63, 3.8) is 0 Å². The molecule has 1 aliphatic heterocycles. The normalized spacial score (nSPS) is 21.7. The van der Waals surface area contributed by atoms with Crippen molar-refractivity contribution in [3.05, 3.63) is 35.1 Å². The Bertz CT molecular complexity index is 374. The molecule has 17 heavy (non-hydrogen) atoms. The Morgan fingerprint density at radius 1 is 1.53 bits per heavy atom. The molecule has 0 aliphatic carbocycles. The van der Waals surface area contributed by atoms with Crippen molar-refractivity contribution >= 4 is 0 Å². The Morgan fingerprint density at radius 3 is 3.00 bits per heavy atom. The fraction of sp³-hybridized carbons (Fsp3) is 0.571. The van der Waals surface area contributed by atoms with E-state index < -0.39 is 0 Å². The average molecular weight is 237 g/mol. The van der Waals surface area contributed by atoms with Crippen molar-refractivity contribution in [2.24, 2.45) is 0 Å². The predicted molar refractivity (Wildman–Crippen MR) is 66.5 cm³/mol. The van der Waals surface area contributed by atoms with Crippen LogP contribution in [0.3, 0.4) is 0 Å². The standard InChI is InChI=1S/C14H20FNO/c1-3-16-14(13-5-4-8-17-13)12-9-11(15)7-6-10(12)2/h6-7,9,13-14,16H,3-5,8H2,1-2H3. The first-order valence-electron chi connectivity index (χ1n) is 6.33. The Kier molecular flexibility index (Phi) is 4.13. The maximum absolute atomic E-state index is 13.4. The van der Waals surface area contributed by atoms with Gasteiger partial charge in [-0.2, -0.15) is 0 Å². The molecule has 1 heterocycles. The number of ether oxygens (including phenoxy) is 1. The van der Waals surface area contributed by atoms with Crippen LogP contribution in [0.5, 0.6) is 0 Å². The molecule has 1 aromatic rings. The third-order valence-corrected chi connectivity index (χ3v) is 3.34. The van der Waals surface area contributed by atoms with Gasteiger partial charge in [0.1, 0.15) is 5.82 Å². The van der Waals surface area contributed by atoms with Gasteiger partial charge in [0.2, 0.25) is 0 Å². The van der Waals surface area contributed by atoms with E-state index in [0.29, 0.717) is 0 Å². The number of rotatable bonds is 4. The zero-order valence-electron chi connectivity index (χ0n) is 10.5. The molecule has 1 saturated heterocycles. The quantitative estimate of drug-likeness (QED) is 0.869. The molecule has 1 N–H and O–H groups in total. The van der Waals surface area contributed by atoms with Crippen molar-refractivity contribution in [1.82, 2.24) is 5.32 Å². The molecule has 1 aliphatic rings. The smallest absolute Gasteiger partial charge is 0.123 e. The molecule has 2 unspecified atom stereocenters. The molecule has 0 radical (unpaired) electrons. The van der Waals surface area contributed by atoms with Gasteiger partial charge in [-0.05, 0) is 49.6 Å². The van der Waals surface area contributed by atoms with Gasteiger partial charge in [0.25, 0.3) is 0 Å². The third-order valence-electron chi connectivity index (χ3n) is 3.34. The third kappa shape index (κ3) is 2.85. The fourth-order valence-corrected chi connectivity index (χ4v) is 2.47. The monoisotopic (exact) mass is 237 g/mol. The first kappa shape index (κ1) is 12.5. The highest BCUT2D eigenvalue weighted by atomic mass is 19.1. The van der Waals surface area contributed by atoms with E-state index in [0.717, 1.165) is 37.1 Å². The highest BCUT2D eigenvalue weighted by Gasteiger charge is 2.27. The summed E-state index contributed by atoms with van der Waals surface area (Å²) in [5, 5.41) is 3.42. The Morgan fingerprint density at radius 2 is 2.35 bits per heavy atom. The molecular formula is C14H20FNO. The number of hydrogen-bond donors (Lipinski definition) is 1. The van der Waals surface area contributed by atoms with Gasteiger partial charge >= 0.3 is 0 Å². The summed E-state index contributed by atoms with van der Waals surface area (Å²) in [5.74, 6) is -0.175. The lowest BCUT2D eigenvalue weighted by Crippen LogP contribution is -2.32. The van der Waals surface area contributed by atoms with E-state index in [1.165, 1.54) is 6.07 Å². The van der Waals surface area contributed by atoms with Crippen LogP contribution in [0.15, 0.2) is 18.2 Å². The maximum Gasteiger partial charge on any atom is 0.123 e. The van der Waals surface area contributed by atoms with Crippen LogP contribution in [0.25, 0.3) is 0 Å². The zero-order chi connectivity index (χ0) is 12.3. The Balaban J connectivity index is 2.27. The second-order valence-corrected chi connectivity index (χ2v) is 4.59. The van der Waals surface area contributed by atoms with Crippen LogP contribution >= 0.6 is 0 Å². The first-order chi connectivity index (χ1) is 8.22. The maximum atomic E-state index is 13.4. The van der Waals surface area contributed by atoms with Crippen molar-refractivity contribution in [2.45, 2.75) is 38.8 Å². The van der Waals surface area contributed by atoms with Crippen LogP contribution in [0.2, 0.25) is 0 Å². The topological polar surface area (TPSA) is 21.3 Å². The van der Waals surface area contributed by atoms with Crippen molar-refractivity contribution < 1.29 is 9.13 Å². The molecule has 1 aromatic carbocycles. The van der Waals surface area contributed by atoms with Crippen LogP contribution in [-0.4, -0.2) is 19.3 Å². The molecule has 0 amide bonds. The second kappa shape index (κ2) is 5.61. The van der Waals surface area contributed by atoms with E-state index in [2.05, 4.69) is 12.2 Å². The lowest BCUT2D eigenvalue weighted by atomic mass is 9.95. The summed E-state index contributed by atoms with van der Waals surface area (Å²) in [7, 11) is 0. The number of likely N-dealkylation sites (N-methyl/N-ethyl adjacent to an activating group) is 1. The molecule has 0 aromatic heterocycles. The van der Waals surface area contributed by atoms with E-state index in [1.54, 1.807) is 6.07 Å². The summed E-state index contributed by atoms with van der Waals surface area (Å²) >= 11 is 0. The van der Waals surface area contributed by atoms with E-state index >= 15 is 0 Å². The molecule has 0 bridgehead atoms. The van der Waals surface area contributed by atoms with Crippen LogP contribution < -0.4 is 5.32 Å². The van der Waals surface area contributed by atoms with Gasteiger partial charge in [-0.25, -0.2) is 4.39 Å². The molecule has 0 spiro atoms. The zero-order valence-corrected chi connectivity index (χ0v) is 10.5. The van der Waals surface area contributed by atoms with Crippen LogP contribution in [0.1, 0.15) is 36.9 Å². The summed E-state index contributed by atoms with van der Waals surface area (Å²) in [6.45, 7) is 5.77. The van der Waals surface area contributed by atoms with Crippen molar-refractivity contribution in [2.75, 3.05) is 13.2 Å². The van der Waals surface area contributed by atoms with Gasteiger partial charge in [-0.1, -0.05) is 13.0 Å². The Labute approximate surface area is 102 Å². The number of halogens is 1. The minimum atomic E-state index is -0.175. The first-order valence-corrected chi connectivity index (χ1v) is 6.33. The second-order valence-electron chi connectivity index (χ2n) is 4.59. The minimum absolute atomic E-state index is 0.109. The highest BCUT2D eigenvalue weighted by molar-refractivity contribution is 5.30. The molecule has 94 valence electrons. The van der Waals surface area contributed by atoms with Crippen LogP contribution in [0.4, 0.5) is 4.39 Å². The van der Waals surface area contributed by atoms with Gasteiger partial charge in [0.05, 0.1) is 12.1 Å². The lowest BCUT2D eigenvalue weighted by molar-refractivity contribution is 0.0785. The molecule has 2 atom stereocenters. The summed E-state index contributed by atoms with van der Waals surface area (Å²) < 4.78 is 19.1. The molecule has 3 heteroatoms. The van der Waals surface area contributed by atoms with Gasteiger partial charge in [-0.3, -0.25) is 0 Å². The van der Waals surface area contributed by atoms with Crippen LogP contribution in [0, 0.1) is 12.7 Å². The summed E-state index contributed by atoms with van der Waals surface area (Å²) in [5.41, 5.74) is 2.15. The molecular weight excluding hydrogens is 217 g/mol. The van der Waals surface area contributed by atoms with E-state index in [4.69, 9.17) is 4.74 Å². The predicted octanol–water partition coefficient (Wildman–Crippen LogP) is 2.96. The van der Waals surface area contributed by atoms with Gasteiger partial charge < -0.3 is 10.1 Å². The van der Waals surface area contributed by atoms with Crippen molar-refractivity contribution in [3.8, 4) is 0 Å². The largest absolute Gasteiger partial charge is 0.376 e. The number of hydrogen-bond acceptors (Lipinski definition) is 2. The lowest BCUT2D eigenvalue weighted by Gasteiger charge is -2.25. The average Bonchev–Trinajstić information content (AvgIpc) is 2.83. The molecule has 1 fully saturated rings. The van der Waals surface area contributed by atoms with Gasteiger partial charge in [0.15, 0.2) is 0 Å². The van der Waals surface area contributed by atoms with E-state index in [1.807, 2.05) is 13.0 Å². The minimum Gasteiger partial charge on any atom is -0.376 e. The summed E-state index contributed by atoms with van der Waals surface area (Å²) in [6, 6.07) is 5.09. The molecule has 2 rings (SSSR count). The SMILES string of the molecule is CCNC(c1cc(F)ccc1C)C1CCCO1. The number of nitrogens with one attached hydrogen (secondary N) is 1. The van der Waals surface area contributed by atoms with Crippen LogP contribution in [-0.2, 0) is 4.74 Å². The molecule has 2 nitrogen and oxygen atoms in total. The molecule has 0 saturated carbocycles. The summed E-state index contributed by atoms with van der Waals surface area (Å²) in [6.07, 6.45) is 2.32. The summed E-state index contributed by atoms with van der Waals surface area (Å²) in [4.78, 5) is 0.